The van der Waals surface area contributed by atoms with Crippen molar-refractivity contribution >= 4 is 33.5 Å². The van der Waals surface area contributed by atoms with Crippen molar-refractivity contribution in [3.8, 4) is 11.4 Å². The van der Waals surface area contributed by atoms with Crippen LogP contribution in [0.5, 0.6) is 5.75 Å². The second kappa shape index (κ2) is 4.82. The van der Waals surface area contributed by atoms with E-state index >= 15 is 0 Å². The number of phenols is 1. The third-order valence-corrected chi connectivity index (χ3v) is 4.06. The Morgan fingerprint density at radius 1 is 1.26 bits per heavy atom. The molecule has 7 heteroatoms. The van der Waals surface area contributed by atoms with Crippen LogP contribution in [0, 0.1) is 5.82 Å². The Morgan fingerprint density at radius 3 is 2.87 bits per heavy atom. The Kier molecular flexibility index (Phi) is 2.89. The molecule has 0 aliphatic carbocycles. The second-order valence-corrected chi connectivity index (χ2v) is 5.50. The first-order valence-electron chi connectivity index (χ1n) is 6.79. The highest BCUT2D eigenvalue weighted by Gasteiger charge is 2.19. The Hall–Kier alpha value is -2.86. The molecule has 4 rings (SSSR count). The highest BCUT2D eigenvalue weighted by molar-refractivity contribution is 6.32. The van der Waals surface area contributed by atoms with Crippen LogP contribution in [0.1, 0.15) is 0 Å². The number of pyridine rings is 1. The molecule has 3 N–H and O–H groups in total. The maximum absolute atomic E-state index is 14.3. The number of aromatic hydroxyl groups is 1. The third kappa shape index (κ3) is 1.92. The van der Waals surface area contributed by atoms with Crippen molar-refractivity contribution in [2.75, 3.05) is 0 Å². The van der Waals surface area contributed by atoms with E-state index in [4.69, 9.17) is 11.6 Å². The van der Waals surface area contributed by atoms with Crippen LogP contribution < -0.4 is 10.5 Å². The average molecular weight is 331 g/mol. The van der Waals surface area contributed by atoms with Crippen molar-refractivity contribution in [3.63, 3.8) is 0 Å². The van der Waals surface area contributed by atoms with Crippen molar-refractivity contribution in [3.05, 3.63) is 63.9 Å². The zero-order chi connectivity index (χ0) is 16.1. The molecule has 114 valence electrons. The van der Waals surface area contributed by atoms with Gasteiger partial charge in [0.1, 0.15) is 22.8 Å². The van der Waals surface area contributed by atoms with Gasteiger partial charge in [-0.15, -0.1) is 0 Å². The molecule has 0 atom stereocenters. The van der Waals surface area contributed by atoms with Crippen LogP contribution >= 0.6 is 11.6 Å². The first kappa shape index (κ1) is 13.8. The van der Waals surface area contributed by atoms with E-state index in [2.05, 4.69) is 9.97 Å². The molecular weight excluding hydrogens is 321 g/mol. The van der Waals surface area contributed by atoms with Crippen LogP contribution in [0.2, 0.25) is 5.02 Å². The summed E-state index contributed by atoms with van der Waals surface area (Å²) in [4.78, 5) is 18.3. The lowest BCUT2D eigenvalue weighted by molar-refractivity contribution is -0.343. The molecule has 5 nitrogen and oxygen atoms in total. The van der Waals surface area contributed by atoms with E-state index in [0.29, 0.717) is 16.4 Å². The van der Waals surface area contributed by atoms with Crippen LogP contribution in [0.4, 0.5) is 4.39 Å². The zero-order valence-corrected chi connectivity index (χ0v) is 12.4. The minimum absolute atomic E-state index is 0.0807. The SMILES string of the molecule is O=c1ccc2c3[nH+]c[nH]c3cc(O)c2n1-c1c(F)cccc1Cl. The second-order valence-electron chi connectivity index (χ2n) is 5.09. The summed E-state index contributed by atoms with van der Waals surface area (Å²) in [7, 11) is 0. The molecule has 0 bridgehead atoms. The number of H-pyrrole nitrogens is 2. The smallest absolute Gasteiger partial charge is 0.255 e. The molecule has 0 saturated carbocycles. The molecule has 0 radical (unpaired) electrons. The maximum atomic E-state index is 14.3. The van der Waals surface area contributed by atoms with Gasteiger partial charge in [-0.05, 0) is 18.2 Å². The summed E-state index contributed by atoms with van der Waals surface area (Å²) in [5.41, 5.74) is 0.969. The summed E-state index contributed by atoms with van der Waals surface area (Å²) >= 11 is 6.09. The largest absolute Gasteiger partial charge is 0.506 e. The fraction of sp³-hybridized carbons (Fsp3) is 0. The van der Waals surface area contributed by atoms with Gasteiger partial charge in [0, 0.05) is 12.1 Å². The van der Waals surface area contributed by atoms with E-state index in [-0.39, 0.29) is 22.0 Å². The van der Waals surface area contributed by atoms with Gasteiger partial charge in [0.05, 0.1) is 10.4 Å². The molecule has 2 aromatic heterocycles. The predicted octanol–water partition coefficient (Wildman–Crippen LogP) is 2.78. The topological polar surface area (TPSA) is 72.2 Å². The lowest BCUT2D eigenvalue weighted by Crippen LogP contribution is -2.19. The van der Waals surface area contributed by atoms with Gasteiger partial charge in [-0.2, -0.15) is 0 Å². The van der Waals surface area contributed by atoms with Gasteiger partial charge in [-0.3, -0.25) is 9.36 Å². The van der Waals surface area contributed by atoms with Crippen molar-refractivity contribution in [1.29, 1.82) is 0 Å². The molecule has 2 aromatic carbocycles. The van der Waals surface area contributed by atoms with E-state index in [0.717, 1.165) is 4.57 Å². The zero-order valence-electron chi connectivity index (χ0n) is 11.6. The molecule has 0 fully saturated rings. The van der Waals surface area contributed by atoms with Gasteiger partial charge in [0.15, 0.2) is 11.0 Å². The van der Waals surface area contributed by atoms with Crippen LogP contribution in [-0.4, -0.2) is 14.7 Å². The lowest BCUT2D eigenvalue weighted by Gasteiger charge is -2.13. The summed E-state index contributed by atoms with van der Waals surface area (Å²) < 4.78 is 15.4. The number of halogens is 2. The minimum atomic E-state index is -0.648. The molecule has 0 spiro atoms. The number of nitrogens with zero attached hydrogens (tertiary/aromatic N) is 1. The van der Waals surface area contributed by atoms with Crippen molar-refractivity contribution in [1.82, 2.24) is 9.55 Å². The number of rotatable bonds is 1. The molecule has 0 aliphatic rings. The van der Waals surface area contributed by atoms with Crippen LogP contribution in [0.25, 0.3) is 27.6 Å². The number of aromatic amines is 2. The number of aromatic nitrogens is 3. The van der Waals surface area contributed by atoms with Gasteiger partial charge in [0.25, 0.3) is 5.56 Å². The molecule has 4 aromatic rings. The highest BCUT2D eigenvalue weighted by Crippen LogP contribution is 2.32. The first-order chi connectivity index (χ1) is 11.1. The highest BCUT2D eigenvalue weighted by atomic mass is 35.5. The number of nitrogens with one attached hydrogen (secondary N) is 2. The monoisotopic (exact) mass is 330 g/mol. The summed E-state index contributed by atoms with van der Waals surface area (Å²) in [6.07, 6.45) is 1.61. The number of benzene rings is 2. The number of hydrogen-bond donors (Lipinski definition) is 2. The summed E-state index contributed by atoms with van der Waals surface area (Å²) in [5.74, 6) is -0.801. The average Bonchev–Trinajstić information content (AvgIpc) is 2.97. The molecular formula is C16H10ClFN3O2+. The Balaban J connectivity index is 2.27. The third-order valence-electron chi connectivity index (χ3n) is 3.76. The molecule has 0 aliphatic heterocycles. The standard InChI is InChI=1S/C16H9ClFN3O2/c17-9-2-1-3-10(18)16(9)21-13(23)5-4-8-14-11(19-7-20-14)6-12(22)15(8)21/h1-7,22H,(H,19,20)/p+1. The molecule has 0 amide bonds. The summed E-state index contributed by atoms with van der Waals surface area (Å²) in [6.45, 7) is 0. The van der Waals surface area contributed by atoms with Crippen molar-refractivity contribution in [2.24, 2.45) is 0 Å². The van der Waals surface area contributed by atoms with E-state index in [9.17, 15) is 14.3 Å². The molecule has 0 unspecified atom stereocenters. The predicted molar refractivity (Wildman–Crippen MR) is 84.6 cm³/mol. The van der Waals surface area contributed by atoms with E-state index in [1.165, 1.54) is 30.3 Å². The molecule has 0 saturated heterocycles. The van der Waals surface area contributed by atoms with E-state index < -0.39 is 11.4 Å². The van der Waals surface area contributed by atoms with Crippen LogP contribution in [0.3, 0.4) is 0 Å². The quantitative estimate of drug-likeness (QED) is 0.563. The fourth-order valence-electron chi connectivity index (χ4n) is 2.80. The van der Waals surface area contributed by atoms with Gasteiger partial charge >= 0.3 is 0 Å². The summed E-state index contributed by atoms with van der Waals surface area (Å²) in [5, 5.41) is 11.0. The fourth-order valence-corrected chi connectivity index (χ4v) is 3.04. The number of phenolic OH excluding ortho intramolecular Hbond substituents is 1. The Bertz CT molecular complexity index is 1110. The Morgan fingerprint density at radius 2 is 2.09 bits per heavy atom. The van der Waals surface area contributed by atoms with Crippen molar-refractivity contribution < 1.29 is 14.5 Å². The normalized spacial score (nSPS) is 11.4. The number of imidazole rings is 1. The summed E-state index contributed by atoms with van der Waals surface area (Å²) in [6, 6.07) is 8.52. The maximum Gasteiger partial charge on any atom is 0.255 e. The van der Waals surface area contributed by atoms with Gasteiger partial charge in [-0.25, -0.2) is 14.4 Å². The van der Waals surface area contributed by atoms with E-state index in [1.807, 2.05) is 0 Å². The van der Waals surface area contributed by atoms with Gasteiger partial charge < -0.3 is 5.11 Å². The lowest BCUT2D eigenvalue weighted by atomic mass is 10.1. The molecule has 23 heavy (non-hydrogen) atoms. The van der Waals surface area contributed by atoms with Crippen molar-refractivity contribution in [2.45, 2.75) is 0 Å². The number of para-hydroxylation sites is 1. The van der Waals surface area contributed by atoms with E-state index in [1.54, 1.807) is 12.4 Å². The number of hydrogen-bond acceptors (Lipinski definition) is 2. The van der Waals surface area contributed by atoms with Crippen LogP contribution in [-0.2, 0) is 0 Å². The van der Waals surface area contributed by atoms with Gasteiger partial charge in [0.2, 0.25) is 6.33 Å². The van der Waals surface area contributed by atoms with Crippen LogP contribution in [0.15, 0.2) is 47.5 Å². The van der Waals surface area contributed by atoms with Gasteiger partial charge in [-0.1, -0.05) is 17.7 Å². The first-order valence-corrected chi connectivity index (χ1v) is 7.16. The Labute approximate surface area is 133 Å². The minimum Gasteiger partial charge on any atom is -0.506 e. The molecule has 2 heterocycles. The number of fused-ring (bicyclic) bond motifs is 3.